The van der Waals surface area contributed by atoms with Crippen molar-refractivity contribution in [1.82, 2.24) is 9.97 Å². The van der Waals surface area contributed by atoms with E-state index in [1.165, 1.54) is 20.3 Å². The number of ether oxygens (including phenoxy) is 3. The van der Waals surface area contributed by atoms with Crippen LogP contribution in [0.15, 0.2) is 36.4 Å². The Morgan fingerprint density at radius 1 is 1.03 bits per heavy atom. The maximum absolute atomic E-state index is 14.0. The van der Waals surface area contributed by atoms with Crippen LogP contribution in [0.4, 0.5) is 27.8 Å². The lowest BCUT2D eigenvalue weighted by Crippen LogP contribution is -2.25. The van der Waals surface area contributed by atoms with E-state index in [0.717, 1.165) is 12.1 Å². The summed E-state index contributed by atoms with van der Waals surface area (Å²) in [6.45, 7) is 1.31. The number of nitrogens with one attached hydrogen (secondary N) is 1. The molecule has 35 heavy (non-hydrogen) atoms. The van der Waals surface area contributed by atoms with Crippen molar-refractivity contribution in [3.8, 4) is 11.5 Å². The molecule has 0 radical (unpaired) electrons. The highest BCUT2D eigenvalue weighted by Gasteiger charge is 2.71. The summed E-state index contributed by atoms with van der Waals surface area (Å²) in [6, 6.07) is 8.14. The monoisotopic (exact) mass is 497 g/mol. The van der Waals surface area contributed by atoms with Crippen LogP contribution in [0.2, 0.25) is 0 Å². The topological polar surface area (TPSA) is 65.5 Å². The number of hydrogen-bond acceptors (Lipinski definition) is 6. The van der Waals surface area contributed by atoms with Gasteiger partial charge in [0.15, 0.2) is 11.5 Å². The maximum Gasteiger partial charge on any atom is 0.416 e. The Morgan fingerprint density at radius 2 is 1.77 bits per heavy atom. The summed E-state index contributed by atoms with van der Waals surface area (Å²) in [5.74, 6) is -1.58. The van der Waals surface area contributed by atoms with E-state index < -0.39 is 23.1 Å². The van der Waals surface area contributed by atoms with E-state index in [9.17, 15) is 22.0 Å². The van der Waals surface area contributed by atoms with E-state index in [-0.39, 0.29) is 31.9 Å². The molecule has 1 atom stereocenters. The second-order valence-corrected chi connectivity index (χ2v) is 8.57. The Kier molecular flexibility index (Phi) is 6.48. The minimum atomic E-state index is -4.45. The summed E-state index contributed by atoms with van der Waals surface area (Å²) < 4.78 is 83.1. The first kappa shape index (κ1) is 24.9. The number of nitrogens with zero attached hydrogens (tertiary/aromatic N) is 2. The zero-order valence-corrected chi connectivity index (χ0v) is 19.3. The molecule has 1 N–H and O–H groups in total. The molecule has 1 fully saturated rings. The van der Waals surface area contributed by atoms with Crippen molar-refractivity contribution in [3.05, 3.63) is 53.3 Å². The molecule has 1 unspecified atom stereocenters. The molecular formula is C24H24F5N3O3. The normalized spacial score (nSPS) is 19.0. The van der Waals surface area contributed by atoms with Gasteiger partial charge >= 0.3 is 6.18 Å². The number of rotatable bonds is 9. The highest BCUT2D eigenvalue weighted by molar-refractivity contribution is 5.91. The Labute approximate surface area is 198 Å². The molecule has 1 aromatic heterocycles. The van der Waals surface area contributed by atoms with Gasteiger partial charge in [0.1, 0.15) is 18.2 Å². The quantitative estimate of drug-likeness (QED) is 0.387. The van der Waals surface area contributed by atoms with Gasteiger partial charge in [0.25, 0.3) is 5.92 Å². The fourth-order valence-corrected chi connectivity index (χ4v) is 3.93. The highest BCUT2D eigenvalue weighted by atomic mass is 19.4. The van der Waals surface area contributed by atoms with Gasteiger partial charge in [-0.25, -0.2) is 18.7 Å². The van der Waals surface area contributed by atoms with E-state index in [1.807, 2.05) is 0 Å². The number of aryl methyl sites for hydroxylation is 1. The van der Waals surface area contributed by atoms with Gasteiger partial charge in [0.05, 0.1) is 30.2 Å². The number of methoxy groups -OCH3 is 2. The van der Waals surface area contributed by atoms with Crippen molar-refractivity contribution in [1.29, 1.82) is 0 Å². The van der Waals surface area contributed by atoms with Gasteiger partial charge in [-0.2, -0.15) is 13.2 Å². The molecule has 188 valence electrons. The summed E-state index contributed by atoms with van der Waals surface area (Å²) in [4.78, 5) is 8.76. The second-order valence-electron chi connectivity index (χ2n) is 8.57. The maximum atomic E-state index is 14.0. The largest absolute Gasteiger partial charge is 0.493 e. The fraction of sp³-hybridized carbons (Fsp3) is 0.417. The third-order valence-corrected chi connectivity index (χ3v) is 5.94. The Morgan fingerprint density at radius 3 is 2.40 bits per heavy atom. The molecule has 3 aromatic rings. The molecule has 0 aliphatic heterocycles. The third-order valence-electron chi connectivity index (χ3n) is 5.94. The van der Waals surface area contributed by atoms with Gasteiger partial charge in [-0.1, -0.05) is 12.1 Å². The van der Waals surface area contributed by atoms with Crippen LogP contribution in [0.1, 0.15) is 23.4 Å². The molecule has 0 bridgehead atoms. The first-order valence-corrected chi connectivity index (χ1v) is 10.7. The van der Waals surface area contributed by atoms with E-state index in [1.54, 1.807) is 25.1 Å². The minimum absolute atomic E-state index is 0.0703. The van der Waals surface area contributed by atoms with Crippen molar-refractivity contribution >= 4 is 16.7 Å². The van der Waals surface area contributed by atoms with Crippen molar-refractivity contribution in [2.45, 2.75) is 32.0 Å². The Balaban J connectivity index is 1.62. The molecule has 11 heteroatoms. The van der Waals surface area contributed by atoms with Crippen LogP contribution in [-0.2, 0) is 17.5 Å². The minimum Gasteiger partial charge on any atom is -0.493 e. The van der Waals surface area contributed by atoms with Crippen LogP contribution in [0.3, 0.4) is 0 Å². The molecule has 4 rings (SSSR count). The van der Waals surface area contributed by atoms with E-state index >= 15 is 0 Å². The molecule has 1 aliphatic rings. The number of aromatic nitrogens is 2. The average molecular weight is 497 g/mol. The van der Waals surface area contributed by atoms with E-state index in [4.69, 9.17) is 14.2 Å². The van der Waals surface area contributed by atoms with Gasteiger partial charge in [-0.15, -0.1) is 0 Å². The van der Waals surface area contributed by atoms with Crippen molar-refractivity contribution in [2.24, 2.45) is 5.41 Å². The molecule has 1 aliphatic carbocycles. The third kappa shape index (κ3) is 5.09. The predicted molar refractivity (Wildman–Crippen MR) is 119 cm³/mol. The smallest absolute Gasteiger partial charge is 0.416 e. The molecule has 0 amide bonds. The van der Waals surface area contributed by atoms with Crippen LogP contribution in [0, 0.1) is 12.3 Å². The van der Waals surface area contributed by atoms with Gasteiger partial charge in [-0.05, 0) is 30.7 Å². The lowest BCUT2D eigenvalue weighted by molar-refractivity contribution is -0.137. The van der Waals surface area contributed by atoms with Gasteiger partial charge in [0, 0.05) is 31.5 Å². The van der Waals surface area contributed by atoms with Crippen molar-refractivity contribution in [2.75, 3.05) is 32.8 Å². The molecule has 1 heterocycles. The van der Waals surface area contributed by atoms with Crippen LogP contribution in [0.5, 0.6) is 11.5 Å². The summed E-state index contributed by atoms with van der Waals surface area (Å²) in [6.07, 6.45) is -4.79. The lowest BCUT2D eigenvalue weighted by Gasteiger charge is -2.19. The van der Waals surface area contributed by atoms with Crippen molar-refractivity contribution < 1.29 is 36.2 Å². The van der Waals surface area contributed by atoms with Crippen LogP contribution < -0.4 is 14.8 Å². The molecule has 1 saturated carbocycles. The first-order valence-electron chi connectivity index (χ1n) is 10.7. The predicted octanol–water partition coefficient (Wildman–Crippen LogP) is 5.63. The number of halogens is 5. The number of anilines is 1. The highest BCUT2D eigenvalue weighted by Crippen LogP contribution is 2.60. The zero-order chi connectivity index (χ0) is 25.4. The van der Waals surface area contributed by atoms with Gasteiger partial charge < -0.3 is 19.5 Å². The first-order chi connectivity index (χ1) is 16.5. The standard InChI is InChI=1S/C24H24F5N3O3/c1-14-31-18-9-19(34-3)20(35-13-22(12-33-2)11-23(22,25)26)8-17(18)21(32-14)30-10-15-5-4-6-16(7-15)24(27,28)29/h4-9H,10-13H2,1-3H3,(H,30,31,32). The summed E-state index contributed by atoms with van der Waals surface area (Å²) in [5.41, 5.74) is -1.25. The molecular weight excluding hydrogens is 473 g/mol. The number of hydrogen-bond donors (Lipinski definition) is 1. The van der Waals surface area contributed by atoms with Crippen LogP contribution in [0.25, 0.3) is 10.9 Å². The molecule has 2 aromatic carbocycles. The van der Waals surface area contributed by atoms with E-state index in [0.29, 0.717) is 33.9 Å². The molecule has 6 nitrogen and oxygen atoms in total. The summed E-state index contributed by atoms with van der Waals surface area (Å²) in [5, 5.41) is 3.55. The second kappa shape index (κ2) is 9.10. The number of benzene rings is 2. The van der Waals surface area contributed by atoms with Gasteiger partial charge in [-0.3, -0.25) is 0 Å². The lowest BCUT2D eigenvalue weighted by atomic mass is 10.1. The fourth-order valence-electron chi connectivity index (χ4n) is 3.93. The number of alkyl halides is 5. The van der Waals surface area contributed by atoms with Crippen LogP contribution in [-0.4, -0.2) is 43.3 Å². The molecule has 0 spiro atoms. The Bertz CT molecular complexity index is 1230. The Hall–Kier alpha value is -3.21. The SMILES string of the molecule is COCC1(COc2cc3c(NCc4cccc(C(F)(F)F)c4)nc(C)nc3cc2OC)CC1(F)F. The van der Waals surface area contributed by atoms with Gasteiger partial charge in [0.2, 0.25) is 0 Å². The van der Waals surface area contributed by atoms with Crippen molar-refractivity contribution in [3.63, 3.8) is 0 Å². The molecule has 0 saturated heterocycles. The van der Waals surface area contributed by atoms with Crippen LogP contribution >= 0.6 is 0 Å². The average Bonchev–Trinajstić information content (AvgIpc) is 3.35. The summed E-state index contributed by atoms with van der Waals surface area (Å²) >= 11 is 0. The number of fused-ring (bicyclic) bond motifs is 1. The van der Waals surface area contributed by atoms with E-state index in [2.05, 4.69) is 15.3 Å². The zero-order valence-electron chi connectivity index (χ0n) is 19.3. The summed E-state index contributed by atoms with van der Waals surface area (Å²) in [7, 11) is 2.78.